The smallest absolute Gasteiger partial charge is 0.0679 e. The SMILES string of the molecule is CCC1=NC(C)(C)CCS1. The minimum Gasteiger partial charge on any atom is -0.277 e. The summed E-state index contributed by atoms with van der Waals surface area (Å²) in [6.45, 7) is 6.60. The molecule has 58 valence electrons. The molecule has 1 aliphatic rings. The molecule has 1 aliphatic heterocycles. The monoisotopic (exact) mass is 157 g/mol. The lowest BCUT2D eigenvalue weighted by Crippen LogP contribution is -2.23. The molecule has 0 aromatic rings. The Morgan fingerprint density at radius 1 is 1.60 bits per heavy atom. The van der Waals surface area contributed by atoms with Gasteiger partial charge in [0.2, 0.25) is 0 Å². The Balaban J connectivity index is 2.66. The summed E-state index contributed by atoms with van der Waals surface area (Å²) in [5.74, 6) is 1.25. The van der Waals surface area contributed by atoms with Gasteiger partial charge in [0.15, 0.2) is 0 Å². The van der Waals surface area contributed by atoms with Gasteiger partial charge in [0.1, 0.15) is 0 Å². The predicted octanol–water partition coefficient (Wildman–Crippen LogP) is 2.71. The van der Waals surface area contributed by atoms with E-state index in [1.165, 1.54) is 17.2 Å². The maximum Gasteiger partial charge on any atom is 0.0679 e. The lowest BCUT2D eigenvalue weighted by atomic mass is 10.0. The van der Waals surface area contributed by atoms with E-state index < -0.39 is 0 Å². The molecule has 1 heterocycles. The van der Waals surface area contributed by atoms with Crippen molar-refractivity contribution in [2.45, 2.75) is 39.2 Å². The maximum absolute atomic E-state index is 4.61. The van der Waals surface area contributed by atoms with Gasteiger partial charge in [-0.05, 0) is 26.7 Å². The van der Waals surface area contributed by atoms with E-state index in [4.69, 9.17) is 0 Å². The summed E-state index contributed by atoms with van der Waals surface area (Å²) in [6.07, 6.45) is 2.33. The molecule has 0 aromatic carbocycles. The van der Waals surface area contributed by atoms with Crippen molar-refractivity contribution in [3.63, 3.8) is 0 Å². The van der Waals surface area contributed by atoms with Gasteiger partial charge >= 0.3 is 0 Å². The number of thioether (sulfide) groups is 1. The molecule has 0 fully saturated rings. The Morgan fingerprint density at radius 3 is 2.70 bits per heavy atom. The average Bonchev–Trinajstić information content (AvgIpc) is 1.86. The van der Waals surface area contributed by atoms with Gasteiger partial charge in [-0.15, -0.1) is 11.8 Å². The number of rotatable bonds is 1. The fraction of sp³-hybridized carbons (Fsp3) is 0.875. The molecule has 0 radical (unpaired) electrons. The first-order chi connectivity index (χ1) is 4.64. The summed E-state index contributed by atoms with van der Waals surface area (Å²) < 4.78 is 0. The van der Waals surface area contributed by atoms with Gasteiger partial charge in [-0.25, -0.2) is 0 Å². The van der Waals surface area contributed by atoms with Crippen molar-refractivity contribution in [1.82, 2.24) is 0 Å². The highest BCUT2D eigenvalue weighted by atomic mass is 32.2. The van der Waals surface area contributed by atoms with Crippen LogP contribution in [0.2, 0.25) is 0 Å². The van der Waals surface area contributed by atoms with E-state index >= 15 is 0 Å². The molecule has 0 aromatic heterocycles. The summed E-state index contributed by atoms with van der Waals surface area (Å²) in [5, 5.41) is 1.33. The molecule has 10 heavy (non-hydrogen) atoms. The third kappa shape index (κ3) is 2.01. The Labute approximate surface area is 67.3 Å². The van der Waals surface area contributed by atoms with Gasteiger partial charge in [-0.1, -0.05) is 6.92 Å². The Hall–Kier alpha value is 0.0200. The van der Waals surface area contributed by atoms with Crippen LogP contribution in [0.1, 0.15) is 33.6 Å². The van der Waals surface area contributed by atoms with E-state index in [-0.39, 0.29) is 5.54 Å². The van der Waals surface area contributed by atoms with Gasteiger partial charge in [0, 0.05) is 5.75 Å². The van der Waals surface area contributed by atoms with Crippen molar-refractivity contribution in [2.75, 3.05) is 5.75 Å². The molecule has 0 unspecified atom stereocenters. The van der Waals surface area contributed by atoms with Crippen molar-refractivity contribution >= 4 is 16.8 Å². The minimum atomic E-state index is 0.219. The van der Waals surface area contributed by atoms with Crippen LogP contribution in [0.3, 0.4) is 0 Å². The van der Waals surface area contributed by atoms with Gasteiger partial charge in [-0.2, -0.15) is 0 Å². The van der Waals surface area contributed by atoms with Gasteiger partial charge in [0.05, 0.1) is 10.6 Å². The molecular weight excluding hydrogens is 142 g/mol. The second-order valence-electron chi connectivity index (χ2n) is 3.27. The number of hydrogen-bond donors (Lipinski definition) is 0. The highest BCUT2D eigenvalue weighted by molar-refractivity contribution is 8.14. The molecule has 0 atom stereocenters. The van der Waals surface area contributed by atoms with Crippen LogP contribution in [0.4, 0.5) is 0 Å². The van der Waals surface area contributed by atoms with E-state index in [0.29, 0.717) is 0 Å². The van der Waals surface area contributed by atoms with E-state index in [2.05, 4.69) is 25.8 Å². The normalized spacial score (nSPS) is 24.1. The molecule has 2 heteroatoms. The fourth-order valence-corrected chi connectivity index (χ4v) is 2.38. The molecule has 1 rings (SSSR count). The largest absolute Gasteiger partial charge is 0.277 e. The van der Waals surface area contributed by atoms with Crippen LogP contribution in [0.15, 0.2) is 4.99 Å². The zero-order valence-electron chi connectivity index (χ0n) is 6.98. The van der Waals surface area contributed by atoms with Crippen molar-refractivity contribution in [2.24, 2.45) is 4.99 Å². The minimum absolute atomic E-state index is 0.219. The van der Waals surface area contributed by atoms with Crippen molar-refractivity contribution in [3.05, 3.63) is 0 Å². The number of aliphatic imine (C=N–C) groups is 1. The summed E-state index contributed by atoms with van der Waals surface area (Å²) in [7, 11) is 0. The molecular formula is C8H15NS. The topological polar surface area (TPSA) is 12.4 Å². The van der Waals surface area contributed by atoms with Gasteiger partial charge < -0.3 is 0 Å². The highest BCUT2D eigenvalue weighted by Gasteiger charge is 2.20. The fourth-order valence-electron chi connectivity index (χ4n) is 1.03. The second-order valence-corrected chi connectivity index (χ2v) is 4.44. The zero-order valence-corrected chi connectivity index (χ0v) is 7.79. The first-order valence-electron chi connectivity index (χ1n) is 3.85. The summed E-state index contributed by atoms with van der Waals surface area (Å²) in [6, 6.07) is 0. The first kappa shape index (κ1) is 8.12. The Kier molecular flexibility index (Phi) is 2.40. The van der Waals surface area contributed by atoms with Crippen molar-refractivity contribution in [3.8, 4) is 0 Å². The van der Waals surface area contributed by atoms with Crippen LogP contribution in [0.5, 0.6) is 0 Å². The molecule has 0 N–H and O–H groups in total. The number of hydrogen-bond acceptors (Lipinski definition) is 2. The van der Waals surface area contributed by atoms with E-state index in [1.54, 1.807) is 0 Å². The average molecular weight is 157 g/mol. The lowest BCUT2D eigenvalue weighted by Gasteiger charge is -2.25. The van der Waals surface area contributed by atoms with Crippen molar-refractivity contribution in [1.29, 1.82) is 0 Å². The predicted molar refractivity (Wildman–Crippen MR) is 48.9 cm³/mol. The van der Waals surface area contributed by atoms with E-state index in [0.717, 1.165) is 6.42 Å². The third-order valence-electron chi connectivity index (χ3n) is 1.71. The summed E-state index contributed by atoms with van der Waals surface area (Å²) >= 11 is 1.92. The van der Waals surface area contributed by atoms with Gasteiger partial charge in [0.25, 0.3) is 0 Å². The Morgan fingerprint density at radius 2 is 2.30 bits per heavy atom. The summed E-state index contributed by atoms with van der Waals surface area (Å²) in [4.78, 5) is 4.61. The summed E-state index contributed by atoms with van der Waals surface area (Å²) in [5.41, 5.74) is 0.219. The third-order valence-corrected chi connectivity index (χ3v) is 2.83. The van der Waals surface area contributed by atoms with Crippen LogP contribution in [-0.4, -0.2) is 16.3 Å². The molecule has 1 nitrogen and oxygen atoms in total. The van der Waals surface area contributed by atoms with Crippen LogP contribution in [-0.2, 0) is 0 Å². The van der Waals surface area contributed by atoms with Crippen LogP contribution < -0.4 is 0 Å². The van der Waals surface area contributed by atoms with E-state index in [1.807, 2.05) is 11.8 Å². The standard InChI is InChI=1S/C8H15NS/c1-4-7-9-8(2,3)5-6-10-7/h4-6H2,1-3H3. The van der Waals surface area contributed by atoms with Crippen LogP contribution in [0.25, 0.3) is 0 Å². The Bertz CT molecular complexity index is 149. The quantitative estimate of drug-likeness (QED) is 0.570. The first-order valence-corrected chi connectivity index (χ1v) is 4.84. The van der Waals surface area contributed by atoms with Crippen molar-refractivity contribution < 1.29 is 0 Å². The molecule has 0 bridgehead atoms. The molecule has 0 saturated carbocycles. The molecule has 0 aliphatic carbocycles. The number of nitrogens with zero attached hydrogens (tertiary/aromatic N) is 1. The molecule has 0 spiro atoms. The lowest BCUT2D eigenvalue weighted by molar-refractivity contribution is 0.506. The van der Waals surface area contributed by atoms with Crippen LogP contribution in [0, 0.1) is 0 Å². The second kappa shape index (κ2) is 2.95. The maximum atomic E-state index is 4.61. The van der Waals surface area contributed by atoms with Gasteiger partial charge in [-0.3, -0.25) is 4.99 Å². The van der Waals surface area contributed by atoms with Crippen LogP contribution >= 0.6 is 11.8 Å². The zero-order chi connectivity index (χ0) is 7.61. The highest BCUT2D eigenvalue weighted by Crippen LogP contribution is 2.26. The molecule has 0 amide bonds. The van der Waals surface area contributed by atoms with E-state index in [9.17, 15) is 0 Å². The molecule has 0 saturated heterocycles.